The highest BCUT2D eigenvalue weighted by Crippen LogP contribution is 2.10. The van der Waals surface area contributed by atoms with Crippen LogP contribution >= 0.6 is 0 Å². The second kappa shape index (κ2) is 5.22. The Bertz CT molecular complexity index is 433. The summed E-state index contributed by atoms with van der Waals surface area (Å²) in [5.41, 5.74) is -2.11. The third-order valence-corrected chi connectivity index (χ3v) is 2.74. The molecule has 0 aromatic rings. The first-order chi connectivity index (χ1) is 8.65. The predicted octanol–water partition coefficient (Wildman–Crippen LogP) is -2.12. The first kappa shape index (κ1) is 14.9. The van der Waals surface area contributed by atoms with Gasteiger partial charge in [-0.1, -0.05) is 0 Å². The molecular formula is C10H15N3O6. The van der Waals surface area contributed by atoms with E-state index in [2.05, 4.69) is 10.6 Å². The zero-order chi connectivity index (χ0) is 14.8. The molecule has 1 saturated heterocycles. The van der Waals surface area contributed by atoms with Gasteiger partial charge in [-0.05, 0) is 6.92 Å². The van der Waals surface area contributed by atoms with Gasteiger partial charge in [0.05, 0.1) is 13.0 Å². The number of nitrogens with one attached hydrogen (secondary N) is 2. The normalized spacial score (nSPS) is 22.1. The van der Waals surface area contributed by atoms with Crippen LogP contribution in [0.4, 0.5) is 4.79 Å². The van der Waals surface area contributed by atoms with Crippen LogP contribution in [-0.2, 0) is 14.4 Å². The van der Waals surface area contributed by atoms with Crippen LogP contribution in [0.15, 0.2) is 0 Å². The summed E-state index contributed by atoms with van der Waals surface area (Å²) in [4.78, 5) is 45.6. The van der Waals surface area contributed by atoms with E-state index < -0.39 is 42.0 Å². The summed E-state index contributed by atoms with van der Waals surface area (Å²) in [7, 11) is 1.31. The molecule has 0 spiro atoms. The smallest absolute Gasteiger partial charge is 0.337 e. The Morgan fingerprint density at radius 2 is 2.05 bits per heavy atom. The molecule has 19 heavy (non-hydrogen) atoms. The standard InChI is InChI=1S/C10H15N3O6/c1-10(19,8(16)17)4-11-9(18)12-5-3-6(14)13(2)7(5)15/h5,19H,3-4H2,1-2H3,(H,16,17)(H2,11,12,18). The van der Waals surface area contributed by atoms with Gasteiger partial charge in [-0.2, -0.15) is 0 Å². The Balaban J connectivity index is 2.47. The van der Waals surface area contributed by atoms with E-state index in [1.54, 1.807) is 0 Å². The molecule has 0 radical (unpaired) electrons. The predicted molar refractivity (Wildman–Crippen MR) is 61.0 cm³/mol. The van der Waals surface area contributed by atoms with Crippen molar-refractivity contribution in [1.29, 1.82) is 0 Å². The number of carbonyl (C=O) groups excluding carboxylic acids is 3. The van der Waals surface area contributed by atoms with Crippen LogP contribution in [0.2, 0.25) is 0 Å². The number of carboxylic acids is 1. The minimum absolute atomic E-state index is 0.141. The van der Waals surface area contributed by atoms with Gasteiger partial charge in [0.2, 0.25) is 5.91 Å². The third kappa shape index (κ3) is 3.41. The van der Waals surface area contributed by atoms with E-state index in [1.165, 1.54) is 7.05 Å². The van der Waals surface area contributed by atoms with Gasteiger partial charge in [0, 0.05) is 7.05 Å². The molecule has 2 unspecified atom stereocenters. The van der Waals surface area contributed by atoms with E-state index in [1.807, 2.05) is 0 Å². The average Bonchev–Trinajstić information content (AvgIpc) is 2.54. The highest BCUT2D eigenvalue weighted by atomic mass is 16.4. The van der Waals surface area contributed by atoms with Gasteiger partial charge >= 0.3 is 12.0 Å². The van der Waals surface area contributed by atoms with E-state index in [4.69, 9.17) is 5.11 Å². The summed E-state index contributed by atoms with van der Waals surface area (Å²) in [6.07, 6.45) is -0.141. The first-order valence-electron chi connectivity index (χ1n) is 5.45. The van der Waals surface area contributed by atoms with Crippen LogP contribution in [0.25, 0.3) is 0 Å². The van der Waals surface area contributed by atoms with E-state index >= 15 is 0 Å². The molecule has 9 heteroatoms. The van der Waals surface area contributed by atoms with Gasteiger partial charge in [0.1, 0.15) is 6.04 Å². The Labute approximate surface area is 108 Å². The summed E-state index contributed by atoms with van der Waals surface area (Å²) in [6.45, 7) is 0.493. The number of hydrogen-bond acceptors (Lipinski definition) is 5. The first-order valence-corrected chi connectivity index (χ1v) is 5.45. The monoisotopic (exact) mass is 273 g/mol. The fourth-order valence-corrected chi connectivity index (χ4v) is 1.41. The van der Waals surface area contributed by atoms with Crippen molar-refractivity contribution < 1.29 is 29.4 Å². The number of hydrogen-bond donors (Lipinski definition) is 4. The van der Waals surface area contributed by atoms with E-state index in [-0.39, 0.29) is 6.42 Å². The van der Waals surface area contributed by atoms with Gasteiger partial charge in [-0.15, -0.1) is 0 Å². The number of amides is 4. The Morgan fingerprint density at radius 1 is 1.47 bits per heavy atom. The van der Waals surface area contributed by atoms with Gasteiger partial charge in [-0.25, -0.2) is 9.59 Å². The van der Waals surface area contributed by atoms with Crippen molar-refractivity contribution in [3.8, 4) is 0 Å². The summed E-state index contributed by atoms with van der Waals surface area (Å²) in [5.74, 6) is -2.43. The quantitative estimate of drug-likeness (QED) is 0.432. The van der Waals surface area contributed by atoms with Crippen LogP contribution < -0.4 is 10.6 Å². The number of imide groups is 1. The Morgan fingerprint density at radius 3 is 2.47 bits per heavy atom. The number of aliphatic carboxylic acids is 1. The number of likely N-dealkylation sites (tertiary alicyclic amines) is 1. The number of likely N-dealkylation sites (N-methyl/N-ethyl adjacent to an activating group) is 1. The molecule has 1 aliphatic rings. The van der Waals surface area contributed by atoms with Crippen LogP contribution in [0.3, 0.4) is 0 Å². The van der Waals surface area contributed by atoms with E-state index in [0.29, 0.717) is 0 Å². The van der Waals surface area contributed by atoms with Crippen molar-refractivity contribution in [2.45, 2.75) is 25.0 Å². The molecule has 0 bridgehead atoms. The lowest BCUT2D eigenvalue weighted by Crippen LogP contribution is -2.51. The van der Waals surface area contributed by atoms with Crippen molar-refractivity contribution in [3.63, 3.8) is 0 Å². The van der Waals surface area contributed by atoms with Crippen molar-refractivity contribution in [2.75, 3.05) is 13.6 Å². The third-order valence-electron chi connectivity index (χ3n) is 2.74. The van der Waals surface area contributed by atoms with Crippen LogP contribution in [0, 0.1) is 0 Å². The molecule has 2 atom stereocenters. The number of urea groups is 1. The second-order valence-electron chi connectivity index (χ2n) is 4.45. The van der Waals surface area contributed by atoms with Crippen LogP contribution in [0.1, 0.15) is 13.3 Å². The van der Waals surface area contributed by atoms with E-state index in [0.717, 1.165) is 11.8 Å². The lowest BCUT2D eigenvalue weighted by atomic mass is 10.1. The fraction of sp³-hybridized carbons (Fsp3) is 0.600. The van der Waals surface area contributed by atoms with Gasteiger partial charge in [0.15, 0.2) is 5.60 Å². The van der Waals surface area contributed by atoms with Crippen molar-refractivity contribution >= 4 is 23.8 Å². The minimum atomic E-state index is -2.11. The summed E-state index contributed by atoms with van der Waals surface area (Å²) in [5, 5.41) is 22.3. The number of aliphatic hydroxyl groups is 1. The Kier molecular flexibility index (Phi) is 4.10. The highest BCUT2D eigenvalue weighted by Gasteiger charge is 2.37. The Hall–Kier alpha value is -2.16. The molecule has 106 valence electrons. The number of carboxylic acid groups (broad SMARTS) is 1. The molecule has 1 aliphatic heterocycles. The maximum atomic E-state index is 11.5. The molecule has 0 aliphatic carbocycles. The van der Waals surface area contributed by atoms with Crippen molar-refractivity contribution in [3.05, 3.63) is 0 Å². The lowest BCUT2D eigenvalue weighted by Gasteiger charge is -2.19. The fourth-order valence-electron chi connectivity index (χ4n) is 1.41. The largest absolute Gasteiger partial charge is 0.479 e. The molecular weight excluding hydrogens is 258 g/mol. The molecule has 4 N–H and O–H groups in total. The van der Waals surface area contributed by atoms with Crippen LogP contribution in [0.5, 0.6) is 0 Å². The molecule has 0 saturated carbocycles. The van der Waals surface area contributed by atoms with Gasteiger partial charge in [-0.3, -0.25) is 14.5 Å². The van der Waals surface area contributed by atoms with E-state index in [9.17, 15) is 24.3 Å². The molecule has 1 fully saturated rings. The number of carbonyl (C=O) groups is 4. The second-order valence-corrected chi connectivity index (χ2v) is 4.45. The maximum Gasteiger partial charge on any atom is 0.337 e. The molecule has 1 rings (SSSR count). The van der Waals surface area contributed by atoms with Crippen LogP contribution in [-0.4, -0.2) is 64.2 Å². The number of nitrogens with zero attached hydrogens (tertiary/aromatic N) is 1. The molecule has 9 nitrogen and oxygen atoms in total. The number of rotatable bonds is 4. The molecule has 0 aromatic heterocycles. The molecule has 4 amide bonds. The topological polar surface area (TPSA) is 136 Å². The summed E-state index contributed by atoms with van der Waals surface area (Å²) < 4.78 is 0. The van der Waals surface area contributed by atoms with Crippen molar-refractivity contribution in [1.82, 2.24) is 15.5 Å². The lowest BCUT2D eigenvalue weighted by molar-refractivity contribution is -0.155. The SMILES string of the molecule is CN1C(=O)CC(NC(=O)NCC(C)(O)C(=O)O)C1=O. The summed E-state index contributed by atoms with van der Waals surface area (Å²) >= 11 is 0. The highest BCUT2D eigenvalue weighted by molar-refractivity contribution is 6.06. The average molecular weight is 273 g/mol. The minimum Gasteiger partial charge on any atom is -0.479 e. The maximum absolute atomic E-state index is 11.5. The van der Waals surface area contributed by atoms with Gasteiger partial charge < -0.3 is 20.8 Å². The summed E-state index contributed by atoms with van der Waals surface area (Å²) in [6, 6.07) is -1.80. The van der Waals surface area contributed by atoms with Crippen molar-refractivity contribution in [2.24, 2.45) is 0 Å². The zero-order valence-corrected chi connectivity index (χ0v) is 10.5. The molecule has 0 aromatic carbocycles. The molecule has 1 heterocycles. The zero-order valence-electron chi connectivity index (χ0n) is 10.5. The van der Waals surface area contributed by atoms with Gasteiger partial charge in [0.25, 0.3) is 5.91 Å².